The third-order valence-electron chi connectivity index (χ3n) is 8.42. The second-order valence-electron chi connectivity index (χ2n) is 11.5. The molecule has 4 aliphatic carbocycles. The lowest BCUT2D eigenvalue weighted by Gasteiger charge is -2.58. The summed E-state index contributed by atoms with van der Waals surface area (Å²) in [5, 5.41) is 17.6. The van der Waals surface area contributed by atoms with Gasteiger partial charge >= 0.3 is 7.05 Å². The van der Waals surface area contributed by atoms with Crippen LogP contribution in [-0.4, -0.2) is 51.5 Å². The third kappa shape index (κ3) is 2.39. The van der Waals surface area contributed by atoms with Crippen molar-refractivity contribution in [2.24, 2.45) is 34.2 Å². The van der Waals surface area contributed by atoms with Crippen LogP contribution in [0.4, 0.5) is 0 Å². The Morgan fingerprint density at radius 3 is 2.80 bits per heavy atom. The minimum absolute atomic E-state index is 0.0768. The molecule has 30 heavy (non-hydrogen) atoms. The van der Waals surface area contributed by atoms with Gasteiger partial charge in [0.15, 0.2) is 0 Å². The fraction of sp³-hybridized carbons (Fsp3) is 0.652. The van der Waals surface area contributed by atoms with Crippen LogP contribution in [0, 0.1) is 29.1 Å². The summed E-state index contributed by atoms with van der Waals surface area (Å²) in [6, 6.07) is 2.14. The number of rotatable bonds is 1. The quantitative estimate of drug-likeness (QED) is 0.717. The third-order valence-corrected chi connectivity index (χ3v) is 8.42. The summed E-state index contributed by atoms with van der Waals surface area (Å²) in [5.74, 6) is 2.18. The SMILES string of the molecule is CC1(C)COB2c3cnc4[nH]ccc4c3C([C@H]3C4CC5CC3C[C@@](O)(C5)C4)=NN2C1. The first-order chi connectivity index (χ1) is 14.4. The van der Waals surface area contributed by atoms with E-state index >= 15 is 0 Å². The van der Waals surface area contributed by atoms with E-state index < -0.39 is 5.60 Å². The summed E-state index contributed by atoms with van der Waals surface area (Å²) in [6.07, 6.45) is 9.35. The van der Waals surface area contributed by atoms with Crippen LogP contribution in [0.3, 0.4) is 0 Å². The minimum atomic E-state index is -0.425. The number of H-pyrrole nitrogens is 1. The van der Waals surface area contributed by atoms with E-state index in [0.29, 0.717) is 23.7 Å². The van der Waals surface area contributed by atoms with Crippen molar-refractivity contribution in [3.8, 4) is 0 Å². The summed E-state index contributed by atoms with van der Waals surface area (Å²) in [5.41, 5.74) is 4.21. The van der Waals surface area contributed by atoms with Crippen molar-refractivity contribution >= 4 is 29.3 Å². The van der Waals surface area contributed by atoms with E-state index in [0.717, 1.165) is 48.9 Å². The Morgan fingerprint density at radius 2 is 2.03 bits per heavy atom. The molecule has 8 rings (SSSR count). The predicted octanol–water partition coefficient (Wildman–Crippen LogP) is 2.52. The highest BCUT2D eigenvalue weighted by atomic mass is 16.5. The number of hydrogen-bond acceptors (Lipinski definition) is 5. The topological polar surface area (TPSA) is 73.7 Å². The van der Waals surface area contributed by atoms with Gasteiger partial charge in [-0.2, -0.15) is 5.10 Å². The van der Waals surface area contributed by atoms with Gasteiger partial charge in [0.25, 0.3) is 0 Å². The molecule has 2 aromatic rings. The fourth-order valence-corrected chi connectivity index (χ4v) is 7.64. The molecule has 7 heteroatoms. The molecule has 4 bridgehead atoms. The maximum atomic E-state index is 11.1. The lowest BCUT2D eigenvalue weighted by molar-refractivity contribution is -0.138. The van der Waals surface area contributed by atoms with Crippen molar-refractivity contribution in [1.82, 2.24) is 14.9 Å². The Morgan fingerprint density at radius 1 is 1.23 bits per heavy atom. The van der Waals surface area contributed by atoms with Crippen LogP contribution in [0.15, 0.2) is 23.6 Å². The fourth-order valence-electron chi connectivity index (χ4n) is 7.64. The van der Waals surface area contributed by atoms with E-state index in [9.17, 15) is 5.11 Å². The van der Waals surface area contributed by atoms with E-state index in [4.69, 9.17) is 14.7 Å². The molecule has 4 heterocycles. The molecule has 2 aliphatic heterocycles. The normalized spacial score (nSPS) is 38.6. The monoisotopic (exact) mass is 404 g/mol. The van der Waals surface area contributed by atoms with Gasteiger partial charge in [0.2, 0.25) is 0 Å². The summed E-state index contributed by atoms with van der Waals surface area (Å²) >= 11 is 0. The second-order valence-corrected chi connectivity index (χ2v) is 11.5. The summed E-state index contributed by atoms with van der Waals surface area (Å²) in [6.45, 7) is 6.12. The molecule has 1 saturated heterocycles. The van der Waals surface area contributed by atoms with Crippen LogP contribution in [0.1, 0.15) is 51.5 Å². The maximum Gasteiger partial charge on any atom is 0.471 e. The van der Waals surface area contributed by atoms with Crippen molar-refractivity contribution < 1.29 is 9.76 Å². The van der Waals surface area contributed by atoms with Gasteiger partial charge < -0.3 is 19.7 Å². The van der Waals surface area contributed by atoms with E-state index in [1.165, 1.54) is 24.1 Å². The van der Waals surface area contributed by atoms with Crippen molar-refractivity contribution in [1.29, 1.82) is 0 Å². The maximum absolute atomic E-state index is 11.1. The molecule has 0 amide bonds. The number of aromatic amines is 1. The van der Waals surface area contributed by atoms with E-state index in [1.807, 2.05) is 12.4 Å². The van der Waals surface area contributed by atoms with Crippen molar-refractivity contribution in [3.63, 3.8) is 0 Å². The van der Waals surface area contributed by atoms with Crippen LogP contribution in [0.2, 0.25) is 0 Å². The lowest BCUT2D eigenvalue weighted by Crippen LogP contribution is -2.63. The minimum Gasteiger partial charge on any atom is -0.411 e. The second kappa shape index (κ2) is 5.68. The lowest BCUT2D eigenvalue weighted by atomic mass is 9.48. The molecule has 0 spiro atoms. The van der Waals surface area contributed by atoms with Gasteiger partial charge in [-0.3, -0.25) is 0 Å². The number of aliphatic hydroxyl groups is 1. The summed E-state index contributed by atoms with van der Waals surface area (Å²) in [7, 11) is -0.149. The van der Waals surface area contributed by atoms with Gasteiger partial charge in [-0.15, -0.1) is 0 Å². The van der Waals surface area contributed by atoms with Gasteiger partial charge in [0.1, 0.15) is 5.65 Å². The Bertz CT molecular complexity index is 1060. The standard InChI is InChI=1S/C23H29BN4O2/c1-22(2)11-28-24(30-12-22)17-10-26-21-16(3-4-25-21)19(17)20(27-28)18-14-5-13-6-15(18)9-23(29,7-13)8-14/h3-4,10,13-15,18,29H,5-9,11-12H2,1-2H3,(H,25,26)/t13?,14?,15?,18-,23+. The Labute approximate surface area is 177 Å². The van der Waals surface area contributed by atoms with E-state index in [1.54, 1.807) is 0 Å². The number of nitrogens with one attached hydrogen (secondary N) is 1. The van der Waals surface area contributed by atoms with Gasteiger partial charge in [-0.25, -0.2) is 4.98 Å². The number of fused-ring (bicyclic) bond motifs is 5. The van der Waals surface area contributed by atoms with Crippen molar-refractivity contribution in [2.45, 2.75) is 51.6 Å². The first-order valence-electron chi connectivity index (χ1n) is 11.5. The number of pyridine rings is 1. The molecule has 4 saturated carbocycles. The van der Waals surface area contributed by atoms with Gasteiger partial charge in [0, 0.05) is 53.3 Å². The Hall–Kier alpha value is -1.86. The number of aromatic nitrogens is 2. The van der Waals surface area contributed by atoms with E-state index in [2.05, 4.69) is 29.8 Å². The molecular weight excluding hydrogens is 375 g/mol. The molecule has 0 radical (unpaired) electrons. The highest BCUT2D eigenvalue weighted by Crippen LogP contribution is 2.59. The number of hydrazone groups is 1. The number of hydrogen-bond donors (Lipinski definition) is 2. The summed E-state index contributed by atoms with van der Waals surface area (Å²) < 4.78 is 6.35. The highest BCUT2D eigenvalue weighted by molar-refractivity contribution is 6.67. The van der Waals surface area contributed by atoms with Gasteiger partial charge in [-0.05, 0) is 55.9 Å². The van der Waals surface area contributed by atoms with Crippen LogP contribution >= 0.6 is 0 Å². The first kappa shape index (κ1) is 17.8. The Balaban J connectivity index is 1.40. The molecule has 6 nitrogen and oxygen atoms in total. The van der Waals surface area contributed by atoms with Gasteiger partial charge in [-0.1, -0.05) is 13.8 Å². The molecule has 2 N–H and O–H groups in total. The first-order valence-corrected chi connectivity index (χ1v) is 11.5. The smallest absolute Gasteiger partial charge is 0.411 e. The molecule has 2 unspecified atom stereocenters. The predicted molar refractivity (Wildman–Crippen MR) is 116 cm³/mol. The zero-order valence-electron chi connectivity index (χ0n) is 17.8. The van der Waals surface area contributed by atoms with Crippen LogP contribution in [-0.2, 0) is 4.65 Å². The van der Waals surface area contributed by atoms with Crippen LogP contribution < -0.4 is 5.46 Å². The molecule has 2 aromatic heterocycles. The van der Waals surface area contributed by atoms with Crippen LogP contribution in [0.25, 0.3) is 11.0 Å². The van der Waals surface area contributed by atoms with Crippen molar-refractivity contribution in [3.05, 3.63) is 24.0 Å². The average Bonchev–Trinajstić information content (AvgIpc) is 3.14. The highest BCUT2D eigenvalue weighted by Gasteiger charge is 2.57. The average molecular weight is 404 g/mol. The largest absolute Gasteiger partial charge is 0.471 e. The molecule has 0 aromatic carbocycles. The Kier molecular flexibility index (Phi) is 3.37. The van der Waals surface area contributed by atoms with Crippen molar-refractivity contribution in [2.75, 3.05) is 13.2 Å². The molecule has 2 atom stereocenters. The zero-order valence-corrected chi connectivity index (χ0v) is 17.8. The zero-order chi connectivity index (χ0) is 20.3. The van der Waals surface area contributed by atoms with Crippen LogP contribution in [0.5, 0.6) is 0 Å². The van der Waals surface area contributed by atoms with Gasteiger partial charge in [0.05, 0.1) is 11.3 Å². The molecular formula is C23H29BN4O2. The van der Waals surface area contributed by atoms with E-state index in [-0.39, 0.29) is 12.5 Å². The number of nitrogens with zero attached hydrogens (tertiary/aromatic N) is 3. The molecule has 6 aliphatic rings. The summed E-state index contributed by atoms with van der Waals surface area (Å²) in [4.78, 5) is 10.2. The molecule has 5 fully saturated rings. The molecule has 156 valence electrons.